The number of piperidine rings is 1. The molecule has 2 nitrogen and oxygen atoms in total. The molecule has 0 saturated carbocycles. The van der Waals surface area contributed by atoms with Gasteiger partial charge in [0, 0.05) is 12.6 Å². The van der Waals surface area contributed by atoms with E-state index in [1.807, 2.05) is 0 Å². The number of aryl methyl sites for hydroxylation is 3. The second-order valence-corrected chi connectivity index (χ2v) is 5.98. The van der Waals surface area contributed by atoms with E-state index in [0.717, 1.165) is 19.1 Å². The van der Waals surface area contributed by atoms with Crippen LogP contribution in [0.15, 0.2) is 12.1 Å². The van der Waals surface area contributed by atoms with Crippen LogP contribution in [0.1, 0.15) is 47.9 Å². The molecule has 1 aliphatic rings. The fraction of sp³-hybridized carbons (Fsp3) is 0.647. The van der Waals surface area contributed by atoms with E-state index in [1.165, 1.54) is 54.5 Å². The van der Waals surface area contributed by atoms with Crippen molar-refractivity contribution in [2.45, 2.75) is 59.0 Å². The van der Waals surface area contributed by atoms with Crippen molar-refractivity contribution in [2.24, 2.45) is 0 Å². The van der Waals surface area contributed by atoms with Crippen molar-refractivity contribution in [1.29, 1.82) is 0 Å². The highest BCUT2D eigenvalue weighted by atomic mass is 14.9. The van der Waals surface area contributed by atoms with Crippen LogP contribution in [-0.2, 0) is 6.54 Å². The molecule has 1 aromatic rings. The number of nitrogens with one attached hydrogen (secondary N) is 2. The molecule has 1 atom stereocenters. The monoisotopic (exact) mass is 260 g/mol. The summed E-state index contributed by atoms with van der Waals surface area (Å²) < 4.78 is 0. The summed E-state index contributed by atoms with van der Waals surface area (Å²) in [4.78, 5) is 0. The lowest BCUT2D eigenvalue weighted by Crippen LogP contribution is -2.36. The Morgan fingerprint density at radius 1 is 1.11 bits per heavy atom. The van der Waals surface area contributed by atoms with Crippen LogP contribution in [0.4, 0.5) is 0 Å². The van der Waals surface area contributed by atoms with Crippen LogP contribution in [0, 0.1) is 20.8 Å². The minimum absolute atomic E-state index is 0.738. The van der Waals surface area contributed by atoms with Crippen molar-refractivity contribution >= 4 is 0 Å². The molecular formula is C17H28N2. The maximum absolute atomic E-state index is 3.61. The molecule has 106 valence electrons. The molecule has 0 radical (unpaired) electrons. The van der Waals surface area contributed by atoms with Gasteiger partial charge in [-0.15, -0.1) is 0 Å². The molecule has 0 amide bonds. The standard InChI is InChI=1S/C17H28N2/c1-13-10-15(3)16(11-14(13)2)12-18-9-7-17-6-4-5-8-19-17/h10-11,17-19H,4-9,12H2,1-3H3. The molecule has 2 heteroatoms. The van der Waals surface area contributed by atoms with Gasteiger partial charge in [-0.05, 0) is 75.4 Å². The van der Waals surface area contributed by atoms with Crippen LogP contribution in [0.2, 0.25) is 0 Å². The number of hydrogen-bond donors (Lipinski definition) is 2. The average molecular weight is 260 g/mol. The van der Waals surface area contributed by atoms with Crippen molar-refractivity contribution in [2.75, 3.05) is 13.1 Å². The van der Waals surface area contributed by atoms with Crippen molar-refractivity contribution < 1.29 is 0 Å². The van der Waals surface area contributed by atoms with Gasteiger partial charge < -0.3 is 10.6 Å². The van der Waals surface area contributed by atoms with Gasteiger partial charge in [-0.25, -0.2) is 0 Å². The molecule has 1 unspecified atom stereocenters. The van der Waals surface area contributed by atoms with Crippen molar-refractivity contribution in [1.82, 2.24) is 10.6 Å². The molecule has 2 rings (SSSR count). The summed E-state index contributed by atoms with van der Waals surface area (Å²) in [6.45, 7) is 9.93. The van der Waals surface area contributed by atoms with Gasteiger partial charge in [0.2, 0.25) is 0 Å². The second kappa shape index (κ2) is 7.06. The van der Waals surface area contributed by atoms with Gasteiger partial charge in [0.25, 0.3) is 0 Å². The number of hydrogen-bond acceptors (Lipinski definition) is 2. The SMILES string of the molecule is Cc1cc(C)c(CNCCC2CCCCN2)cc1C. The highest BCUT2D eigenvalue weighted by Crippen LogP contribution is 2.15. The summed E-state index contributed by atoms with van der Waals surface area (Å²) in [5.41, 5.74) is 5.65. The Labute approximate surface area is 118 Å². The highest BCUT2D eigenvalue weighted by molar-refractivity contribution is 5.36. The lowest BCUT2D eigenvalue weighted by molar-refractivity contribution is 0.376. The first-order valence-corrected chi connectivity index (χ1v) is 7.67. The Balaban J connectivity index is 1.74. The number of benzene rings is 1. The zero-order valence-corrected chi connectivity index (χ0v) is 12.7. The third-order valence-corrected chi connectivity index (χ3v) is 4.35. The summed E-state index contributed by atoms with van der Waals surface area (Å²) in [5, 5.41) is 7.20. The maximum atomic E-state index is 3.61. The van der Waals surface area contributed by atoms with Crippen LogP contribution in [0.5, 0.6) is 0 Å². The Morgan fingerprint density at radius 2 is 1.89 bits per heavy atom. The Bertz CT molecular complexity index is 406. The summed E-state index contributed by atoms with van der Waals surface area (Å²) in [5.74, 6) is 0. The Kier molecular flexibility index (Phi) is 5.41. The topological polar surface area (TPSA) is 24.1 Å². The van der Waals surface area contributed by atoms with Gasteiger partial charge in [-0.1, -0.05) is 18.6 Å². The van der Waals surface area contributed by atoms with Crippen LogP contribution in [0.3, 0.4) is 0 Å². The molecule has 0 bridgehead atoms. The fourth-order valence-electron chi connectivity index (χ4n) is 2.88. The molecule has 1 fully saturated rings. The molecule has 0 spiro atoms. The van der Waals surface area contributed by atoms with Crippen LogP contribution >= 0.6 is 0 Å². The van der Waals surface area contributed by atoms with Gasteiger partial charge >= 0.3 is 0 Å². The summed E-state index contributed by atoms with van der Waals surface area (Å²) >= 11 is 0. The first kappa shape index (κ1) is 14.5. The predicted molar refractivity (Wildman–Crippen MR) is 82.6 cm³/mol. The normalized spacial score (nSPS) is 19.6. The molecule has 1 aliphatic heterocycles. The summed E-state index contributed by atoms with van der Waals surface area (Å²) in [6, 6.07) is 5.37. The van der Waals surface area contributed by atoms with Crippen LogP contribution < -0.4 is 10.6 Å². The number of rotatable bonds is 5. The fourth-order valence-corrected chi connectivity index (χ4v) is 2.88. The lowest BCUT2D eigenvalue weighted by Gasteiger charge is -2.23. The second-order valence-electron chi connectivity index (χ2n) is 5.98. The molecule has 19 heavy (non-hydrogen) atoms. The van der Waals surface area contributed by atoms with E-state index in [-0.39, 0.29) is 0 Å². The van der Waals surface area contributed by atoms with Gasteiger partial charge in [0.15, 0.2) is 0 Å². The van der Waals surface area contributed by atoms with Crippen molar-refractivity contribution in [3.05, 3.63) is 34.4 Å². The molecule has 1 aromatic carbocycles. The van der Waals surface area contributed by atoms with E-state index < -0.39 is 0 Å². The van der Waals surface area contributed by atoms with Gasteiger partial charge in [0.05, 0.1) is 0 Å². The van der Waals surface area contributed by atoms with E-state index in [2.05, 4.69) is 43.5 Å². The Morgan fingerprint density at radius 3 is 2.63 bits per heavy atom. The summed E-state index contributed by atoms with van der Waals surface area (Å²) in [6.07, 6.45) is 5.36. The van der Waals surface area contributed by atoms with E-state index in [1.54, 1.807) is 0 Å². The zero-order valence-electron chi connectivity index (χ0n) is 12.7. The largest absolute Gasteiger partial charge is 0.314 e. The minimum Gasteiger partial charge on any atom is -0.314 e. The van der Waals surface area contributed by atoms with Crippen molar-refractivity contribution in [3.8, 4) is 0 Å². The highest BCUT2D eigenvalue weighted by Gasteiger charge is 2.11. The average Bonchev–Trinajstić information content (AvgIpc) is 2.41. The first-order valence-electron chi connectivity index (χ1n) is 7.67. The van der Waals surface area contributed by atoms with Gasteiger partial charge in [-0.3, -0.25) is 0 Å². The van der Waals surface area contributed by atoms with Gasteiger partial charge in [0.1, 0.15) is 0 Å². The first-order chi connectivity index (χ1) is 9.16. The van der Waals surface area contributed by atoms with E-state index in [0.29, 0.717) is 0 Å². The molecule has 0 aliphatic carbocycles. The molecule has 1 saturated heterocycles. The summed E-state index contributed by atoms with van der Waals surface area (Å²) in [7, 11) is 0. The third kappa shape index (κ3) is 4.32. The molecular weight excluding hydrogens is 232 g/mol. The molecule has 0 aromatic heterocycles. The Hall–Kier alpha value is -0.860. The quantitative estimate of drug-likeness (QED) is 0.794. The van der Waals surface area contributed by atoms with E-state index >= 15 is 0 Å². The lowest BCUT2D eigenvalue weighted by atomic mass is 10.0. The van der Waals surface area contributed by atoms with E-state index in [9.17, 15) is 0 Å². The van der Waals surface area contributed by atoms with Crippen LogP contribution in [-0.4, -0.2) is 19.1 Å². The zero-order chi connectivity index (χ0) is 13.7. The molecule has 2 N–H and O–H groups in total. The van der Waals surface area contributed by atoms with Crippen molar-refractivity contribution in [3.63, 3.8) is 0 Å². The van der Waals surface area contributed by atoms with E-state index in [4.69, 9.17) is 0 Å². The molecule has 1 heterocycles. The van der Waals surface area contributed by atoms with Crippen LogP contribution in [0.25, 0.3) is 0 Å². The minimum atomic E-state index is 0.738. The maximum Gasteiger partial charge on any atom is 0.0208 e. The predicted octanol–water partition coefficient (Wildman–Crippen LogP) is 3.23. The van der Waals surface area contributed by atoms with Gasteiger partial charge in [-0.2, -0.15) is 0 Å². The smallest absolute Gasteiger partial charge is 0.0208 e. The third-order valence-electron chi connectivity index (χ3n) is 4.35.